The zero-order valence-electron chi connectivity index (χ0n) is 10.8. The normalized spacial score (nSPS) is 36.3. The first-order valence-electron chi connectivity index (χ1n) is 6.64. The topological polar surface area (TPSA) is 79.2 Å². The summed E-state index contributed by atoms with van der Waals surface area (Å²) in [5.41, 5.74) is 1.53. The number of aliphatic hydroxyl groups is 3. The molecule has 0 unspecified atom stereocenters. The highest BCUT2D eigenvalue weighted by Gasteiger charge is 2.54. The first kappa shape index (κ1) is 14.3. The number of rotatable bonds is 2. The van der Waals surface area contributed by atoms with Crippen molar-refractivity contribution in [1.82, 2.24) is 0 Å². The Bertz CT molecular complexity index is 508. The summed E-state index contributed by atoms with van der Waals surface area (Å²) in [6.07, 6.45) is -1.82. The Labute approximate surface area is 121 Å². The van der Waals surface area contributed by atoms with Crippen LogP contribution in [0.15, 0.2) is 18.2 Å². The third-order valence-electron chi connectivity index (χ3n) is 3.94. The van der Waals surface area contributed by atoms with Crippen molar-refractivity contribution in [3.63, 3.8) is 0 Å². The van der Waals surface area contributed by atoms with Crippen molar-refractivity contribution in [2.45, 2.75) is 43.5 Å². The lowest BCUT2D eigenvalue weighted by atomic mass is 9.88. The minimum Gasteiger partial charge on any atom is -0.396 e. The van der Waals surface area contributed by atoms with Crippen molar-refractivity contribution in [1.29, 1.82) is 0 Å². The lowest BCUT2D eigenvalue weighted by Crippen LogP contribution is -2.55. The summed E-state index contributed by atoms with van der Waals surface area (Å²) >= 11 is 5.95. The molecule has 1 aromatic carbocycles. The number of ether oxygens (including phenoxy) is 2. The molecule has 4 atom stereocenters. The van der Waals surface area contributed by atoms with E-state index in [4.69, 9.17) is 26.2 Å². The summed E-state index contributed by atoms with van der Waals surface area (Å²) in [5.74, 6) is -1.36. The highest BCUT2D eigenvalue weighted by molar-refractivity contribution is 6.30. The minimum atomic E-state index is -1.36. The average molecular weight is 301 g/mol. The third-order valence-corrected chi connectivity index (χ3v) is 4.17. The second-order valence-corrected chi connectivity index (χ2v) is 5.69. The average Bonchev–Trinajstić information content (AvgIpc) is 2.75. The summed E-state index contributed by atoms with van der Waals surface area (Å²) in [6.45, 7) is 0.225. The van der Waals surface area contributed by atoms with Gasteiger partial charge in [0, 0.05) is 23.6 Å². The van der Waals surface area contributed by atoms with Gasteiger partial charge in [-0.3, -0.25) is 0 Å². The highest BCUT2D eigenvalue weighted by Crippen LogP contribution is 2.46. The quantitative estimate of drug-likeness (QED) is 0.757. The maximum atomic E-state index is 10.3. The molecule has 2 aliphatic heterocycles. The molecule has 0 radical (unpaired) electrons. The molecule has 0 amide bonds. The van der Waals surface area contributed by atoms with E-state index in [1.54, 1.807) is 18.2 Å². The molecule has 0 bridgehead atoms. The molecule has 1 spiro atoms. The van der Waals surface area contributed by atoms with Gasteiger partial charge in [-0.1, -0.05) is 17.7 Å². The van der Waals surface area contributed by atoms with E-state index in [0.717, 1.165) is 5.56 Å². The van der Waals surface area contributed by atoms with Crippen molar-refractivity contribution in [2.75, 3.05) is 6.61 Å². The maximum absolute atomic E-state index is 10.3. The SMILES string of the molecule is OCC[C@@H]1C[C@H](O)[C@@H](O)[C@@]2(OCc3cc(Cl)ccc32)O1. The molecule has 5 nitrogen and oxygen atoms in total. The predicted octanol–water partition coefficient (Wildman–Crippen LogP) is 0.916. The van der Waals surface area contributed by atoms with Gasteiger partial charge in [-0.2, -0.15) is 0 Å². The number of fused-ring (bicyclic) bond motifs is 2. The van der Waals surface area contributed by atoms with E-state index in [1.165, 1.54) is 0 Å². The largest absolute Gasteiger partial charge is 0.396 e. The van der Waals surface area contributed by atoms with Crippen molar-refractivity contribution in [3.05, 3.63) is 34.3 Å². The van der Waals surface area contributed by atoms with Crippen molar-refractivity contribution < 1.29 is 24.8 Å². The summed E-state index contributed by atoms with van der Waals surface area (Å²) in [5, 5.41) is 30.0. The summed E-state index contributed by atoms with van der Waals surface area (Å²) in [6, 6.07) is 5.22. The fourth-order valence-electron chi connectivity index (χ4n) is 2.96. The molecule has 1 fully saturated rings. The Morgan fingerprint density at radius 3 is 2.90 bits per heavy atom. The number of hydrogen-bond acceptors (Lipinski definition) is 5. The molecule has 0 aromatic heterocycles. The molecule has 3 rings (SSSR count). The monoisotopic (exact) mass is 300 g/mol. The fraction of sp³-hybridized carbons (Fsp3) is 0.571. The standard InChI is InChI=1S/C14H17ClO5/c15-9-1-2-11-8(5-9)7-19-14(11)13(18)12(17)6-10(20-14)3-4-16/h1-2,5,10,12-13,16-18H,3-4,6-7H2/t10-,12+,13-,14+/m1/s1. The molecule has 6 heteroatoms. The van der Waals surface area contributed by atoms with E-state index in [0.29, 0.717) is 17.0 Å². The molecule has 2 aliphatic rings. The van der Waals surface area contributed by atoms with Crippen LogP contribution in [0.4, 0.5) is 0 Å². The molecule has 20 heavy (non-hydrogen) atoms. The fourth-order valence-corrected chi connectivity index (χ4v) is 3.16. The molecule has 3 N–H and O–H groups in total. The zero-order chi connectivity index (χ0) is 14.3. The Morgan fingerprint density at radius 1 is 1.35 bits per heavy atom. The maximum Gasteiger partial charge on any atom is 0.225 e. The van der Waals surface area contributed by atoms with Gasteiger partial charge in [-0.05, 0) is 24.1 Å². The van der Waals surface area contributed by atoms with Crippen molar-refractivity contribution in [3.8, 4) is 0 Å². The van der Waals surface area contributed by atoms with Gasteiger partial charge in [-0.15, -0.1) is 0 Å². The number of aliphatic hydroxyl groups excluding tert-OH is 3. The first-order chi connectivity index (χ1) is 9.56. The van der Waals surface area contributed by atoms with Crippen LogP contribution in [0, 0.1) is 0 Å². The lowest BCUT2D eigenvalue weighted by Gasteiger charge is -2.44. The van der Waals surface area contributed by atoms with Crippen LogP contribution in [0.3, 0.4) is 0 Å². The second kappa shape index (κ2) is 5.26. The molecule has 0 saturated carbocycles. The Hall–Kier alpha value is -0.690. The van der Waals surface area contributed by atoms with E-state index in [9.17, 15) is 10.2 Å². The predicted molar refractivity (Wildman–Crippen MR) is 71.1 cm³/mol. The van der Waals surface area contributed by atoms with Crippen LogP contribution in [-0.2, 0) is 21.9 Å². The van der Waals surface area contributed by atoms with Crippen LogP contribution in [0.5, 0.6) is 0 Å². The van der Waals surface area contributed by atoms with Gasteiger partial charge < -0.3 is 24.8 Å². The molecule has 1 aromatic rings. The van der Waals surface area contributed by atoms with Crippen LogP contribution in [0.25, 0.3) is 0 Å². The Balaban J connectivity index is 1.99. The molecule has 110 valence electrons. The summed E-state index contributed by atoms with van der Waals surface area (Å²) in [7, 11) is 0. The Morgan fingerprint density at radius 2 is 2.15 bits per heavy atom. The molecule has 1 saturated heterocycles. The van der Waals surface area contributed by atoms with Gasteiger partial charge in [0.25, 0.3) is 0 Å². The van der Waals surface area contributed by atoms with E-state index < -0.39 is 18.0 Å². The van der Waals surface area contributed by atoms with E-state index >= 15 is 0 Å². The summed E-state index contributed by atoms with van der Waals surface area (Å²) in [4.78, 5) is 0. The van der Waals surface area contributed by atoms with Crippen molar-refractivity contribution in [2.24, 2.45) is 0 Å². The molecular formula is C14H17ClO5. The van der Waals surface area contributed by atoms with Crippen LogP contribution in [-0.4, -0.2) is 40.2 Å². The van der Waals surface area contributed by atoms with Gasteiger partial charge in [0.15, 0.2) is 0 Å². The van der Waals surface area contributed by atoms with Crippen molar-refractivity contribution >= 4 is 11.6 Å². The van der Waals surface area contributed by atoms with E-state index in [1.807, 2.05) is 0 Å². The first-order valence-corrected chi connectivity index (χ1v) is 7.02. The molecule has 0 aliphatic carbocycles. The van der Waals surface area contributed by atoms with Crippen LogP contribution >= 0.6 is 11.6 Å². The van der Waals surface area contributed by atoms with Gasteiger partial charge in [-0.25, -0.2) is 0 Å². The Kier molecular flexibility index (Phi) is 3.75. The number of benzene rings is 1. The zero-order valence-corrected chi connectivity index (χ0v) is 11.6. The third kappa shape index (κ3) is 2.15. The second-order valence-electron chi connectivity index (χ2n) is 5.26. The minimum absolute atomic E-state index is 0.0446. The van der Waals surface area contributed by atoms with Gasteiger partial charge in [0.2, 0.25) is 5.79 Å². The summed E-state index contributed by atoms with van der Waals surface area (Å²) < 4.78 is 11.6. The van der Waals surface area contributed by atoms with Crippen LogP contribution in [0.2, 0.25) is 5.02 Å². The van der Waals surface area contributed by atoms with Gasteiger partial charge >= 0.3 is 0 Å². The van der Waals surface area contributed by atoms with Gasteiger partial charge in [0.1, 0.15) is 6.10 Å². The van der Waals surface area contributed by atoms with Gasteiger partial charge in [0.05, 0.1) is 18.8 Å². The number of hydrogen-bond donors (Lipinski definition) is 3. The van der Waals surface area contributed by atoms with E-state index in [2.05, 4.69) is 0 Å². The van der Waals surface area contributed by atoms with Crippen LogP contribution in [0.1, 0.15) is 24.0 Å². The van der Waals surface area contributed by atoms with E-state index in [-0.39, 0.29) is 25.7 Å². The number of halogens is 1. The highest BCUT2D eigenvalue weighted by atomic mass is 35.5. The molecular weight excluding hydrogens is 284 g/mol. The smallest absolute Gasteiger partial charge is 0.225 e. The molecule has 2 heterocycles. The lowest BCUT2D eigenvalue weighted by molar-refractivity contribution is -0.345. The van der Waals surface area contributed by atoms with Crippen LogP contribution < -0.4 is 0 Å².